The molecule has 0 bridgehead atoms. The lowest BCUT2D eigenvalue weighted by atomic mass is 10.2. The number of oxazole rings is 1. The lowest BCUT2D eigenvalue weighted by Crippen LogP contribution is -2.27. The largest absolute Gasteiger partial charge is 0.444 e. The molecule has 0 unspecified atom stereocenters. The first-order valence-electron chi connectivity index (χ1n) is 4.28. The van der Waals surface area contributed by atoms with Crippen LogP contribution in [-0.2, 0) is 11.3 Å². The van der Waals surface area contributed by atoms with Gasteiger partial charge in [0.15, 0.2) is 0 Å². The Bertz CT molecular complexity index is 292. The van der Waals surface area contributed by atoms with Gasteiger partial charge in [-0.25, -0.2) is 4.98 Å². The third kappa shape index (κ3) is 2.89. The highest BCUT2D eigenvalue weighted by molar-refractivity contribution is 5.77. The highest BCUT2D eigenvalue weighted by Gasteiger charge is 2.07. The Labute approximate surface area is 77.3 Å². The zero-order valence-corrected chi connectivity index (χ0v) is 8.13. The van der Waals surface area contributed by atoms with Crippen molar-refractivity contribution in [1.82, 2.24) is 10.3 Å². The summed E-state index contributed by atoms with van der Waals surface area (Å²) >= 11 is 0. The molecule has 0 saturated carbocycles. The van der Waals surface area contributed by atoms with Gasteiger partial charge in [0.2, 0.25) is 11.8 Å². The van der Waals surface area contributed by atoms with Crippen LogP contribution in [0.1, 0.15) is 25.5 Å². The van der Waals surface area contributed by atoms with Crippen LogP contribution in [0.4, 0.5) is 0 Å². The van der Waals surface area contributed by atoms with E-state index < -0.39 is 0 Å². The van der Waals surface area contributed by atoms with Crippen molar-refractivity contribution in [3.63, 3.8) is 0 Å². The number of hydrogen-bond donors (Lipinski definition) is 1. The maximum absolute atomic E-state index is 11.1. The number of rotatable bonds is 3. The Morgan fingerprint density at radius 2 is 2.38 bits per heavy atom. The minimum absolute atomic E-state index is 0.00365. The first-order valence-corrected chi connectivity index (χ1v) is 4.28. The molecule has 72 valence electrons. The minimum Gasteiger partial charge on any atom is -0.444 e. The van der Waals surface area contributed by atoms with E-state index in [0.29, 0.717) is 12.4 Å². The third-order valence-electron chi connectivity index (χ3n) is 1.61. The first kappa shape index (κ1) is 9.77. The van der Waals surface area contributed by atoms with Crippen LogP contribution in [0.3, 0.4) is 0 Å². The predicted octanol–water partition coefficient (Wildman–Crippen LogP) is 1.26. The molecule has 4 heteroatoms. The van der Waals surface area contributed by atoms with E-state index in [4.69, 9.17) is 4.42 Å². The van der Waals surface area contributed by atoms with Crippen LogP contribution in [0.2, 0.25) is 0 Å². The summed E-state index contributed by atoms with van der Waals surface area (Å²) in [6.07, 6.45) is 1.64. The fraction of sp³-hybridized carbons (Fsp3) is 0.556. The smallest absolute Gasteiger partial charge is 0.222 e. The van der Waals surface area contributed by atoms with Crippen molar-refractivity contribution in [2.45, 2.75) is 27.3 Å². The molecule has 0 saturated heterocycles. The fourth-order valence-corrected chi connectivity index (χ4v) is 0.850. The number of nitrogens with zero attached hydrogens (tertiary/aromatic N) is 1. The summed E-state index contributed by atoms with van der Waals surface area (Å²) in [5.74, 6) is 1.31. The summed E-state index contributed by atoms with van der Waals surface area (Å²) in [6, 6.07) is 0. The van der Waals surface area contributed by atoms with Gasteiger partial charge in [0.25, 0.3) is 0 Å². The quantitative estimate of drug-likeness (QED) is 0.765. The average Bonchev–Trinajstić information content (AvgIpc) is 2.47. The number of carbonyl (C=O) groups excluding carboxylic acids is 1. The normalized spacial score (nSPS) is 10.5. The van der Waals surface area contributed by atoms with E-state index in [1.54, 1.807) is 6.20 Å². The van der Waals surface area contributed by atoms with E-state index in [1.165, 1.54) is 0 Å². The molecule has 0 aliphatic rings. The van der Waals surface area contributed by atoms with Crippen LogP contribution in [0.5, 0.6) is 0 Å². The summed E-state index contributed by atoms with van der Waals surface area (Å²) in [6.45, 7) is 5.87. The Kier molecular flexibility index (Phi) is 3.06. The van der Waals surface area contributed by atoms with Gasteiger partial charge in [0.05, 0.1) is 12.7 Å². The molecule has 0 aliphatic heterocycles. The molecule has 1 amide bonds. The third-order valence-corrected chi connectivity index (χ3v) is 1.61. The number of amides is 1. The number of aromatic nitrogens is 1. The molecular weight excluding hydrogens is 168 g/mol. The molecule has 1 heterocycles. The van der Waals surface area contributed by atoms with E-state index in [1.807, 2.05) is 20.8 Å². The molecule has 13 heavy (non-hydrogen) atoms. The van der Waals surface area contributed by atoms with Crippen molar-refractivity contribution in [2.24, 2.45) is 5.92 Å². The predicted molar refractivity (Wildman–Crippen MR) is 47.9 cm³/mol. The Morgan fingerprint density at radius 1 is 1.69 bits per heavy atom. The van der Waals surface area contributed by atoms with Gasteiger partial charge in [0, 0.05) is 5.92 Å². The number of nitrogens with one attached hydrogen (secondary N) is 1. The standard InChI is InChI=1S/C9H14N2O2/c1-6(2)9(12)11-5-8-10-4-7(3)13-8/h4,6H,5H2,1-3H3,(H,11,12). The zero-order chi connectivity index (χ0) is 9.84. The van der Waals surface area contributed by atoms with Gasteiger partial charge in [-0.1, -0.05) is 13.8 Å². The van der Waals surface area contributed by atoms with Crippen LogP contribution < -0.4 is 5.32 Å². The lowest BCUT2D eigenvalue weighted by Gasteiger charge is -2.04. The number of aryl methyl sites for hydroxylation is 1. The van der Waals surface area contributed by atoms with Gasteiger partial charge < -0.3 is 9.73 Å². The molecule has 0 aromatic carbocycles. The molecule has 0 radical (unpaired) electrons. The van der Waals surface area contributed by atoms with Crippen molar-refractivity contribution in [3.05, 3.63) is 17.8 Å². The average molecular weight is 182 g/mol. The van der Waals surface area contributed by atoms with E-state index in [-0.39, 0.29) is 11.8 Å². The van der Waals surface area contributed by atoms with Crippen LogP contribution in [0.15, 0.2) is 10.6 Å². The van der Waals surface area contributed by atoms with Crippen LogP contribution in [-0.4, -0.2) is 10.9 Å². The maximum atomic E-state index is 11.1. The Balaban J connectivity index is 2.39. The highest BCUT2D eigenvalue weighted by atomic mass is 16.4. The van der Waals surface area contributed by atoms with E-state index in [0.717, 1.165) is 5.76 Å². The molecule has 4 nitrogen and oxygen atoms in total. The van der Waals surface area contributed by atoms with Gasteiger partial charge >= 0.3 is 0 Å². The van der Waals surface area contributed by atoms with Crippen molar-refractivity contribution < 1.29 is 9.21 Å². The Morgan fingerprint density at radius 3 is 2.85 bits per heavy atom. The first-order chi connectivity index (χ1) is 6.09. The fourth-order valence-electron chi connectivity index (χ4n) is 0.850. The molecule has 1 aromatic rings. The molecule has 0 fully saturated rings. The second-order valence-electron chi connectivity index (χ2n) is 3.24. The summed E-state index contributed by atoms with van der Waals surface area (Å²) in [5.41, 5.74) is 0. The molecule has 0 aliphatic carbocycles. The highest BCUT2D eigenvalue weighted by Crippen LogP contribution is 2.01. The van der Waals surface area contributed by atoms with Crippen molar-refractivity contribution in [3.8, 4) is 0 Å². The van der Waals surface area contributed by atoms with Crippen molar-refractivity contribution in [1.29, 1.82) is 0 Å². The van der Waals surface area contributed by atoms with Crippen molar-refractivity contribution >= 4 is 5.91 Å². The second-order valence-corrected chi connectivity index (χ2v) is 3.24. The van der Waals surface area contributed by atoms with Gasteiger partial charge in [-0.15, -0.1) is 0 Å². The number of hydrogen-bond acceptors (Lipinski definition) is 3. The van der Waals surface area contributed by atoms with E-state index >= 15 is 0 Å². The maximum Gasteiger partial charge on any atom is 0.222 e. The zero-order valence-electron chi connectivity index (χ0n) is 8.13. The van der Waals surface area contributed by atoms with Crippen molar-refractivity contribution in [2.75, 3.05) is 0 Å². The monoisotopic (exact) mass is 182 g/mol. The molecule has 1 N–H and O–H groups in total. The summed E-state index contributed by atoms with van der Waals surface area (Å²) in [4.78, 5) is 15.1. The van der Waals surface area contributed by atoms with Gasteiger partial charge in [-0.05, 0) is 6.92 Å². The molecule has 0 spiro atoms. The SMILES string of the molecule is Cc1cnc(CNC(=O)C(C)C)o1. The molecule has 1 aromatic heterocycles. The number of carbonyl (C=O) groups is 1. The van der Waals surface area contributed by atoms with Crippen LogP contribution in [0.25, 0.3) is 0 Å². The van der Waals surface area contributed by atoms with Gasteiger partial charge in [-0.2, -0.15) is 0 Å². The summed E-state index contributed by atoms with van der Waals surface area (Å²) in [7, 11) is 0. The Hall–Kier alpha value is -1.32. The van der Waals surface area contributed by atoms with Gasteiger partial charge in [0.1, 0.15) is 5.76 Å². The minimum atomic E-state index is -0.00365. The van der Waals surface area contributed by atoms with Crippen LogP contribution in [0, 0.1) is 12.8 Å². The topological polar surface area (TPSA) is 55.1 Å². The van der Waals surface area contributed by atoms with Crippen LogP contribution >= 0.6 is 0 Å². The lowest BCUT2D eigenvalue weighted by molar-refractivity contribution is -0.124. The van der Waals surface area contributed by atoms with Gasteiger partial charge in [-0.3, -0.25) is 4.79 Å². The van der Waals surface area contributed by atoms with E-state index in [9.17, 15) is 4.79 Å². The summed E-state index contributed by atoms with van der Waals surface area (Å²) < 4.78 is 5.19. The molecule has 0 atom stereocenters. The molecular formula is C9H14N2O2. The second kappa shape index (κ2) is 4.07. The molecule has 1 rings (SSSR count). The summed E-state index contributed by atoms with van der Waals surface area (Å²) in [5, 5.41) is 2.72. The van der Waals surface area contributed by atoms with E-state index in [2.05, 4.69) is 10.3 Å².